The SMILES string of the molecule is C=C1CC[C@@H]2[C@H](OC(=O)[C@@H]2C)[C@@H]2[C@H]1C[C@@H](O)[C@]2(C)O. The molecule has 4 heteroatoms. The van der Waals surface area contributed by atoms with E-state index in [4.69, 9.17) is 4.74 Å². The molecule has 0 unspecified atom stereocenters. The lowest BCUT2D eigenvalue weighted by Crippen LogP contribution is -2.47. The molecule has 0 aromatic rings. The van der Waals surface area contributed by atoms with Gasteiger partial charge in [-0.05, 0) is 32.1 Å². The maximum Gasteiger partial charge on any atom is 0.309 e. The number of fused-ring (bicyclic) bond motifs is 3. The Morgan fingerprint density at radius 3 is 2.84 bits per heavy atom. The zero-order valence-electron chi connectivity index (χ0n) is 11.5. The lowest BCUT2D eigenvalue weighted by atomic mass is 9.76. The van der Waals surface area contributed by atoms with Crippen molar-refractivity contribution < 1.29 is 19.7 Å². The van der Waals surface area contributed by atoms with Crippen molar-refractivity contribution in [1.29, 1.82) is 0 Å². The van der Waals surface area contributed by atoms with Crippen LogP contribution in [0.4, 0.5) is 0 Å². The number of ether oxygens (including phenoxy) is 1. The summed E-state index contributed by atoms with van der Waals surface area (Å²) in [5.41, 5.74) is -0.120. The monoisotopic (exact) mass is 266 g/mol. The van der Waals surface area contributed by atoms with E-state index in [9.17, 15) is 15.0 Å². The first-order valence-corrected chi connectivity index (χ1v) is 7.12. The molecule has 19 heavy (non-hydrogen) atoms. The van der Waals surface area contributed by atoms with E-state index in [1.54, 1.807) is 6.92 Å². The highest BCUT2D eigenvalue weighted by Gasteiger charge is 2.60. The van der Waals surface area contributed by atoms with Crippen LogP contribution in [0.2, 0.25) is 0 Å². The van der Waals surface area contributed by atoms with Crippen LogP contribution in [0.5, 0.6) is 0 Å². The molecule has 3 aliphatic rings. The van der Waals surface area contributed by atoms with Crippen LogP contribution < -0.4 is 0 Å². The van der Waals surface area contributed by atoms with Gasteiger partial charge in [0.1, 0.15) is 6.10 Å². The largest absolute Gasteiger partial charge is 0.461 e. The Kier molecular flexibility index (Phi) is 2.81. The van der Waals surface area contributed by atoms with Crippen LogP contribution in [-0.4, -0.2) is 34.0 Å². The standard InChI is InChI=1S/C15H22O4/c1-7-4-5-9-8(2)14(17)19-13(9)12-10(7)6-11(16)15(12,3)18/h8-13,16,18H,1,4-6H2,2-3H3/t8-,9+,10+,11-,12+,13+,15+/m1/s1. The van der Waals surface area contributed by atoms with Gasteiger partial charge in [0.25, 0.3) is 0 Å². The molecule has 3 fully saturated rings. The molecule has 1 heterocycles. The third kappa shape index (κ3) is 1.69. The van der Waals surface area contributed by atoms with Gasteiger partial charge in [-0.1, -0.05) is 19.1 Å². The van der Waals surface area contributed by atoms with Crippen molar-refractivity contribution >= 4 is 5.97 Å². The zero-order chi connectivity index (χ0) is 13.9. The number of carbonyl (C=O) groups is 1. The molecule has 0 aromatic carbocycles. The van der Waals surface area contributed by atoms with Crippen molar-refractivity contribution in [2.45, 2.75) is 50.9 Å². The maximum absolute atomic E-state index is 11.8. The number of hydrogen-bond donors (Lipinski definition) is 2. The average Bonchev–Trinajstić information content (AvgIpc) is 2.67. The number of rotatable bonds is 0. The lowest BCUT2D eigenvalue weighted by Gasteiger charge is -2.35. The number of aliphatic hydroxyl groups excluding tert-OH is 1. The van der Waals surface area contributed by atoms with E-state index in [1.165, 1.54) is 0 Å². The van der Waals surface area contributed by atoms with Crippen LogP contribution in [0.1, 0.15) is 33.1 Å². The van der Waals surface area contributed by atoms with Gasteiger partial charge in [0.15, 0.2) is 0 Å². The summed E-state index contributed by atoms with van der Waals surface area (Å²) in [6.45, 7) is 7.69. The summed E-state index contributed by atoms with van der Waals surface area (Å²) < 4.78 is 5.55. The fraction of sp³-hybridized carbons (Fsp3) is 0.800. The zero-order valence-corrected chi connectivity index (χ0v) is 11.5. The van der Waals surface area contributed by atoms with E-state index >= 15 is 0 Å². The van der Waals surface area contributed by atoms with Crippen LogP contribution in [0.25, 0.3) is 0 Å². The molecule has 2 N–H and O–H groups in total. The first-order valence-electron chi connectivity index (χ1n) is 7.12. The van der Waals surface area contributed by atoms with Crippen molar-refractivity contribution in [3.8, 4) is 0 Å². The minimum Gasteiger partial charge on any atom is -0.461 e. The predicted octanol–water partition coefficient (Wildman–Crippen LogP) is 1.26. The Labute approximate surface area is 113 Å². The minimum absolute atomic E-state index is 0.0538. The molecule has 1 aliphatic heterocycles. The quantitative estimate of drug-likeness (QED) is 0.512. The summed E-state index contributed by atoms with van der Waals surface area (Å²) in [6.07, 6.45) is 1.21. The van der Waals surface area contributed by atoms with E-state index < -0.39 is 11.7 Å². The molecule has 7 atom stereocenters. The van der Waals surface area contributed by atoms with Gasteiger partial charge in [0, 0.05) is 11.8 Å². The molecule has 0 radical (unpaired) electrons. The van der Waals surface area contributed by atoms with Gasteiger partial charge >= 0.3 is 5.97 Å². The highest BCUT2D eigenvalue weighted by Crippen LogP contribution is 2.54. The molecule has 4 nitrogen and oxygen atoms in total. The molecule has 106 valence electrons. The molecular weight excluding hydrogens is 244 g/mol. The van der Waals surface area contributed by atoms with E-state index in [-0.39, 0.29) is 35.7 Å². The Balaban J connectivity index is 2.02. The molecule has 0 spiro atoms. The third-order valence-corrected chi connectivity index (χ3v) is 5.63. The third-order valence-electron chi connectivity index (χ3n) is 5.63. The van der Waals surface area contributed by atoms with Gasteiger partial charge < -0.3 is 14.9 Å². The summed E-state index contributed by atoms with van der Waals surface area (Å²) in [5, 5.41) is 20.8. The Bertz CT molecular complexity index is 428. The van der Waals surface area contributed by atoms with Gasteiger partial charge in [-0.3, -0.25) is 4.79 Å². The molecule has 0 aromatic heterocycles. The highest BCUT2D eigenvalue weighted by molar-refractivity contribution is 5.75. The number of carbonyl (C=O) groups excluding carboxylic acids is 1. The molecule has 0 amide bonds. The second-order valence-electron chi connectivity index (χ2n) is 6.66. The van der Waals surface area contributed by atoms with E-state index in [1.807, 2.05) is 6.92 Å². The van der Waals surface area contributed by atoms with Gasteiger partial charge in [0.05, 0.1) is 17.6 Å². The first-order chi connectivity index (χ1) is 8.84. The predicted molar refractivity (Wildman–Crippen MR) is 69.1 cm³/mol. The van der Waals surface area contributed by atoms with Crippen LogP contribution in [0.15, 0.2) is 12.2 Å². The lowest BCUT2D eigenvalue weighted by molar-refractivity contribution is -0.152. The fourth-order valence-corrected chi connectivity index (χ4v) is 4.32. The van der Waals surface area contributed by atoms with Crippen molar-refractivity contribution in [3.05, 3.63) is 12.2 Å². The molecule has 3 rings (SSSR count). The average molecular weight is 266 g/mol. The summed E-state index contributed by atoms with van der Waals surface area (Å²) in [5.74, 6) is -0.325. The number of aliphatic hydroxyl groups is 2. The molecule has 2 aliphatic carbocycles. The van der Waals surface area contributed by atoms with Crippen molar-refractivity contribution in [2.24, 2.45) is 23.7 Å². The highest BCUT2D eigenvalue weighted by atomic mass is 16.6. The van der Waals surface area contributed by atoms with Crippen molar-refractivity contribution in [1.82, 2.24) is 0 Å². The molecule has 1 saturated heterocycles. The molecular formula is C15H22O4. The van der Waals surface area contributed by atoms with Crippen LogP contribution in [-0.2, 0) is 9.53 Å². The first kappa shape index (κ1) is 13.1. The van der Waals surface area contributed by atoms with E-state index in [2.05, 4.69) is 6.58 Å². The topological polar surface area (TPSA) is 66.8 Å². The molecule has 2 saturated carbocycles. The van der Waals surface area contributed by atoms with E-state index in [0.29, 0.717) is 6.42 Å². The van der Waals surface area contributed by atoms with Crippen molar-refractivity contribution in [2.75, 3.05) is 0 Å². The Morgan fingerprint density at radius 2 is 2.16 bits per heavy atom. The number of esters is 1. The van der Waals surface area contributed by atoms with Gasteiger partial charge in [0.2, 0.25) is 0 Å². The fourth-order valence-electron chi connectivity index (χ4n) is 4.32. The van der Waals surface area contributed by atoms with Gasteiger partial charge in [-0.25, -0.2) is 0 Å². The number of hydrogen-bond acceptors (Lipinski definition) is 4. The number of allylic oxidation sites excluding steroid dienone is 1. The van der Waals surface area contributed by atoms with Crippen LogP contribution in [0.3, 0.4) is 0 Å². The van der Waals surface area contributed by atoms with Gasteiger partial charge in [-0.2, -0.15) is 0 Å². The van der Waals surface area contributed by atoms with Crippen LogP contribution in [0, 0.1) is 23.7 Å². The van der Waals surface area contributed by atoms with E-state index in [0.717, 1.165) is 18.4 Å². The Hall–Kier alpha value is -0.870. The van der Waals surface area contributed by atoms with Crippen LogP contribution >= 0.6 is 0 Å². The second kappa shape index (κ2) is 4.06. The summed E-state index contributed by atoms with van der Waals surface area (Å²) >= 11 is 0. The second-order valence-corrected chi connectivity index (χ2v) is 6.66. The Morgan fingerprint density at radius 1 is 1.47 bits per heavy atom. The summed E-state index contributed by atoms with van der Waals surface area (Å²) in [6, 6.07) is 0. The maximum atomic E-state index is 11.8. The normalized spacial score (nSPS) is 53.5. The molecule has 0 bridgehead atoms. The smallest absolute Gasteiger partial charge is 0.309 e. The van der Waals surface area contributed by atoms with Gasteiger partial charge in [-0.15, -0.1) is 0 Å². The summed E-state index contributed by atoms with van der Waals surface area (Å²) in [7, 11) is 0. The summed E-state index contributed by atoms with van der Waals surface area (Å²) in [4.78, 5) is 11.8. The minimum atomic E-state index is -1.20. The van der Waals surface area contributed by atoms with Crippen molar-refractivity contribution in [3.63, 3.8) is 0 Å².